The highest BCUT2D eigenvalue weighted by Gasteiger charge is 2.23. The molecule has 0 saturated heterocycles. The maximum atomic E-state index is 12.9. The van der Waals surface area contributed by atoms with Gasteiger partial charge in [-0.05, 0) is 39.3 Å². The molecule has 8 nitrogen and oxygen atoms in total. The van der Waals surface area contributed by atoms with Gasteiger partial charge in [-0.2, -0.15) is 4.98 Å². The standard InChI is InChI=1S/C21H21N5O3S/c1-5-26-10-22-20-15(21(26)28)12(3)16(30-20)18(27)23-13(4)19-24-17(25-29-19)14-8-6-7-11(2)9-14/h6-10,13H,5H2,1-4H3,(H,23,27). The Morgan fingerprint density at radius 2 is 2.13 bits per heavy atom. The molecule has 0 aliphatic heterocycles. The molecule has 154 valence electrons. The van der Waals surface area contributed by atoms with E-state index in [0.717, 1.165) is 11.1 Å². The van der Waals surface area contributed by atoms with Crippen LogP contribution in [0.15, 0.2) is 39.9 Å². The van der Waals surface area contributed by atoms with E-state index < -0.39 is 6.04 Å². The Hall–Kier alpha value is -3.33. The smallest absolute Gasteiger partial charge is 0.262 e. The maximum Gasteiger partial charge on any atom is 0.262 e. The van der Waals surface area contributed by atoms with Gasteiger partial charge < -0.3 is 9.84 Å². The van der Waals surface area contributed by atoms with Crippen LogP contribution in [0, 0.1) is 13.8 Å². The molecule has 1 aromatic carbocycles. The lowest BCUT2D eigenvalue weighted by molar-refractivity contribution is 0.0936. The molecule has 0 spiro atoms. The van der Waals surface area contributed by atoms with Crippen molar-refractivity contribution in [3.63, 3.8) is 0 Å². The second-order valence-corrected chi connectivity index (χ2v) is 8.09. The molecular formula is C21H21N5O3S. The van der Waals surface area contributed by atoms with E-state index in [1.165, 1.54) is 22.2 Å². The quantitative estimate of drug-likeness (QED) is 0.526. The summed E-state index contributed by atoms with van der Waals surface area (Å²) in [6, 6.07) is 7.30. The highest BCUT2D eigenvalue weighted by atomic mass is 32.1. The predicted octanol–water partition coefficient (Wildman–Crippen LogP) is 3.64. The molecular weight excluding hydrogens is 402 g/mol. The normalized spacial score (nSPS) is 12.3. The van der Waals surface area contributed by atoms with Gasteiger partial charge in [0.05, 0.1) is 16.6 Å². The van der Waals surface area contributed by atoms with E-state index in [0.29, 0.717) is 38.9 Å². The van der Waals surface area contributed by atoms with Gasteiger partial charge in [-0.15, -0.1) is 11.3 Å². The van der Waals surface area contributed by atoms with Crippen molar-refractivity contribution in [2.75, 3.05) is 0 Å². The summed E-state index contributed by atoms with van der Waals surface area (Å²) in [6.07, 6.45) is 1.51. The van der Waals surface area contributed by atoms with Crippen molar-refractivity contribution in [1.29, 1.82) is 0 Å². The Labute approximate surface area is 176 Å². The van der Waals surface area contributed by atoms with Crippen LogP contribution in [0.1, 0.15) is 46.6 Å². The number of aryl methyl sites for hydroxylation is 3. The summed E-state index contributed by atoms with van der Waals surface area (Å²) in [7, 11) is 0. The average Bonchev–Trinajstić information content (AvgIpc) is 3.34. The summed E-state index contributed by atoms with van der Waals surface area (Å²) in [5.41, 5.74) is 2.44. The van der Waals surface area contributed by atoms with Crippen molar-refractivity contribution < 1.29 is 9.32 Å². The van der Waals surface area contributed by atoms with Crippen molar-refractivity contribution in [3.05, 3.63) is 62.8 Å². The molecule has 0 saturated carbocycles. The number of benzene rings is 1. The first-order valence-corrected chi connectivity index (χ1v) is 10.4. The van der Waals surface area contributed by atoms with Crippen LogP contribution in [0.4, 0.5) is 0 Å². The van der Waals surface area contributed by atoms with Gasteiger partial charge in [0.1, 0.15) is 10.9 Å². The zero-order chi connectivity index (χ0) is 21.4. The predicted molar refractivity (Wildman–Crippen MR) is 115 cm³/mol. The number of hydrogen-bond donors (Lipinski definition) is 1. The number of aromatic nitrogens is 4. The molecule has 9 heteroatoms. The molecule has 0 bridgehead atoms. The summed E-state index contributed by atoms with van der Waals surface area (Å²) < 4.78 is 6.88. The lowest BCUT2D eigenvalue weighted by Gasteiger charge is -2.09. The van der Waals surface area contributed by atoms with Crippen LogP contribution >= 0.6 is 11.3 Å². The minimum atomic E-state index is -0.492. The molecule has 1 amide bonds. The van der Waals surface area contributed by atoms with Crippen LogP contribution in [0.3, 0.4) is 0 Å². The molecule has 4 aromatic rings. The van der Waals surface area contributed by atoms with Crippen LogP contribution in [0.25, 0.3) is 21.6 Å². The number of amides is 1. The van der Waals surface area contributed by atoms with Crippen molar-refractivity contribution in [2.45, 2.75) is 40.3 Å². The van der Waals surface area contributed by atoms with Crippen LogP contribution in [0.5, 0.6) is 0 Å². The fraction of sp³-hybridized carbons (Fsp3) is 0.286. The number of hydrogen-bond acceptors (Lipinski definition) is 7. The van der Waals surface area contributed by atoms with Crippen LogP contribution in [-0.2, 0) is 6.54 Å². The van der Waals surface area contributed by atoms with Gasteiger partial charge in [0.2, 0.25) is 11.7 Å². The Morgan fingerprint density at radius 3 is 2.87 bits per heavy atom. The molecule has 4 rings (SSSR count). The van der Waals surface area contributed by atoms with Crippen molar-refractivity contribution in [1.82, 2.24) is 25.0 Å². The molecule has 1 N–H and O–H groups in total. The summed E-state index contributed by atoms with van der Waals surface area (Å²) in [6.45, 7) is 7.93. The van der Waals surface area contributed by atoms with E-state index >= 15 is 0 Å². The summed E-state index contributed by atoms with van der Waals surface area (Å²) >= 11 is 1.20. The first kappa shape index (κ1) is 20.0. The fourth-order valence-corrected chi connectivity index (χ4v) is 4.28. The van der Waals surface area contributed by atoms with Crippen LogP contribution in [-0.4, -0.2) is 25.6 Å². The van der Waals surface area contributed by atoms with Crippen LogP contribution in [0.2, 0.25) is 0 Å². The number of carbonyl (C=O) groups excluding carboxylic acids is 1. The van der Waals surface area contributed by atoms with Gasteiger partial charge in [-0.25, -0.2) is 4.98 Å². The monoisotopic (exact) mass is 423 g/mol. The second-order valence-electron chi connectivity index (χ2n) is 7.09. The number of rotatable bonds is 5. The van der Waals surface area contributed by atoms with Crippen molar-refractivity contribution >= 4 is 27.5 Å². The van der Waals surface area contributed by atoms with E-state index in [2.05, 4.69) is 20.4 Å². The molecule has 0 fully saturated rings. The first-order valence-electron chi connectivity index (χ1n) is 9.59. The maximum absolute atomic E-state index is 12.9. The molecule has 3 aromatic heterocycles. The largest absolute Gasteiger partial charge is 0.340 e. The fourth-order valence-electron chi connectivity index (χ4n) is 3.24. The Bertz CT molecular complexity index is 1300. The van der Waals surface area contributed by atoms with Gasteiger partial charge in [-0.3, -0.25) is 14.2 Å². The van der Waals surface area contributed by atoms with Gasteiger partial charge in [0.15, 0.2) is 0 Å². The zero-order valence-electron chi connectivity index (χ0n) is 17.1. The lowest BCUT2D eigenvalue weighted by atomic mass is 10.1. The molecule has 3 heterocycles. The molecule has 1 unspecified atom stereocenters. The third-order valence-electron chi connectivity index (χ3n) is 4.90. The van der Waals surface area contributed by atoms with Gasteiger partial charge >= 0.3 is 0 Å². The van der Waals surface area contributed by atoms with E-state index in [9.17, 15) is 9.59 Å². The van der Waals surface area contributed by atoms with Crippen LogP contribution < -0.4 is 10.9 Å². The summed E-state index contributed by atoms with van der Waals surface area (Å²) in [4.78, 5) is 35.2. The summed E-state index contributed by atoms with van der Waals surface area (Å²) in [5.74, 6) is 0.475. The summed E-state index contributed by atoms with van der Waals surface area (Å²) in [5, 5.41) is 7.39. The first-order chi connectivity index (χ1) is 14.4. The highest BCUT2D eigenvalue weighted by molar-refractivity contribution is 7.20. The third kappa shape index (κ3) is 3.52. The number of fused-ring (bicyclic) bond motifs is 1. The highest BCUT2D eigenvalue weighted by Crippen LogP contribution is 2.27. The number of nitrogens with zero attached hydrogens (tertiary/aromatic N) is 4. The lowest BCUT2D eigenvalue weighted by Crippen LogP contribution is -2.26. The van der Waals surface area contributed by atoms with Gasteiger partial charge in [-0.1, -0.05) is 28.9 Å². The Morgan fingerprint density at radius 1 is 1.33 bits per heavy atom. The SMILES string of the molecule is CCn1cnc2sc(C(=O)NC(C)c3nc(-c4cccc(C)c4)no3)c(C)c2c1=O. The minimum Gasteiger partial charge on any atom is -0.340 e. The molecule has 0 aliphatic rings. The van der Waals surface area contributed by atoms with Gasteiger partial charge in [0, 0.05) is 12.1 Å². The topological polar surface area (TPSA) is 103 Å². The molecule has 0 radical (unpaired) electrons. The van der Waals surface area contributed by atoms with E-state index in [4.69, 9.17) is 4.52 Å². The zero-order valence-corrected chi connectivity index (χ0v) is 17.9. The number of carbonyl (C=O) groups is 1. The molecule has 1 atom stereocenters. The Balaban J connectivity index is 1.58. The minimum absolute atomic E-state index is 0.136. The number of nitrogens with one attached hydrogen (secondary N) is 1. The Kier molecular flexibility index (Phi) is 5.21. The molecule has 30 heavy (non-hydrogen) atoms. The van der Waals surface area contributed by atoms with E-state index in [-0.39, 0.29) is 11.5 Å². The number of thiophene rings is 1. The third-order valence-corrected chi connectivity index (χ3v) is 6.10. The van der Waals surface area contributed by atoms with E-state index in [1.807, 2.05) is 38.1 Å². The van der Waals surface area contributed by atoms with Gasteiger partial charge in [0.25, 0.3) is 11.5 Å². The average molecular weight is 423 g/mol. The van der Waals surface area contributed by atoms with Crippen molar-refractivity contribution in [3.8, 4) is 11.4 Å². The molecule has 0 aliphatic carbocycles. The van der Waals surface area contributed by atoms with E-state index in [1.54, 1.807) is 13.8 Å². The van der Waals surface area contributed by atoms with Crippen molar-refractivity contribution in [2.24, 2.45) is 0 Å². The second kappa shape index (κ2) is 7.83.